The van der Waals surface area contributed by atoms with Crippen LogP contribution >= 0.6 is 0 Å². The second-order valence-electron chi connectivity index (χ2n) is 21.6. The molecule has 0 spiro atoms. The molecule has 0 bridgehead atoms. The number of carbonyl (C=O) groups excluding carboxylic acids is 3. The van der Waals surface area contributed by atoms with Gasteiger partial charge in [-0.15, -0.1) is 0 Å². The van der Waals surface area contributed by atoms with Gasteiger partial charge in [0, 0.05) is 19.3 Å². The highest BCUT2D eigenvalue weighted by atomic mass is 16.6. The molecule has 6 heteroatoms. The predicted molar refractivity (Wildman–Crippen MR) is 348 cm³/mol. The summed E-state index contributed by atoms with van der Waals surface area (Å²) in [7, 11) is 0. The number of unbranched alkanes of at least 4 members (excludes halogenated alkanes) is 26. The van der Waals surface area contributed by atoms with Crippen molar-refractivity contribution < 1.29 is 28.6 Å². The molecule has 80 heavy (non-hydrogen) atoms. The first kappa shape index (κ1) is 75.5. The van der Waals surface area contributed by atoms with Gasteiger partial charge >= 0.3 is 17.9 Å². The SMILES string of the molecule is CC/C=C\C/C=C\C/C=C\C/C=C\C/C=C\C/C=C\C/C=C\C/C=C\CCCCCCCCCCCCC(=O)OCC(COC(=O)CCCCCCC/C=C\CCCC)OC(=O)CCCCCCC/C=C\C/C=C\CCCCCC. The van der Waals surface area contributed by atoms with Crippen LogP contribution in [0.5, 0.6) is 0 Å². The third kappa shape index (κ3) is 64.4. The topological polar surface area (TPSA) is 78.9 Å². The van der Waals surface area contributed by atoms with Gasteiger partial charge < -0.3 is 14.2 Å². The zero-order valence-corrected chi connectivity index (χ0v) is 52.0. The number of ether oxygens (including phenoxy) is 3. The standard InChI is InChI=1S/C74H122O6/c1-4-7-10-13-16-19-22-24-26-28-29-30-31-32-33-34-35-36-37-38-39-40-41-42-43-44-45-46-48-49-52-55-58-61-64-67-73(76)79-70-71(69-78-72(75)66-63-60-57-54-51-21-18-15-12-9-6-3)80-74(77)68-65-62-59-56-53-50-47-27-25-23-20-17-14-11-8-5-2/h7,10,15-16,18-20,23-24,26-27,29-30,32-33,35-36,38-39,41-42,47,71H,4-6,8-9,11-14,17,21-22,25,28,31,34,37,40,43-46,48-70H2,1-3H3/b10-7-,18-15-,19-16-,23-20-,26-24-,30-29-,33-32-,36-35-,39-38-,42-41-,47-27-. The summed E-state index contributed by atoms with van der Waals surface area (Å²) in [5, 5.41) is 0. The summed E-state index contributed by atoms with van der Waals surface area (Å²) in [5.74, 6) is -0.915. The van der Waals surface area contributed by atoms with Gasteiger partial charge in [-0.05, 0) is 135 Å². The molecule has 0 aromatic carbocycles. The predicted octanol–water partition coefficient (Wildman–Crippen LogP) is 22.9. The monoisotopic (exact) mass is 1110 g/mol. The molecule has 0 heterocycles. The van der Waals surface area contributed by atoms with Gasteiger partial charge in [-0.3, -0.25) is 14.4 Å². The van der Waals surface area contributed by atoms with E-state index in [1.54, 1.807) is 0 Å². The van der Waals surface area contributed by atoms with Gasteiger partial charge in [0.25, 0.3) is 0 Å². The molecular formula is C74H122O6. The largest absolute Gasteiger partial charge is 0.462 e. The quantitative estimate of drug-likeness (QED) is 0.0261. The van der Waals surface area contributed by atoms with Crippen LogP contribution in [-0.2, 0) is 28.6 Å². The van der Waals surface area contributed by atoms with Crippen molar-refractivity contribution in [2.24, 2.45) is 0 Å². The van der Waals surface area contributed by atoms with Crippen molar-refractivity contribution in [1.29, 1.82) is 0 Å². The molecule has 0 aliphatic carbocycles. The van der Waals surface area contributed by atoms with E-state index in [2.05, 4.69) is 154 Å². The first-order chi connectivity index (χ1) is 39.5. The Labute approximate surface area is 494 Å². The Morgan fingerprint density at radius 3 is 0.812 bits per heavy atom. The lowest BCUT2D eigenvalue weighted by Gasteiger charge is -2.18. The van der Waals surface area contributed by atoms with Crippen molar-refractivity contribution >= 4 is 17.9 Å². The fraction of sp³-hybridized carbons (Fsp3) is 0.662. The summed E-state index contributed by atoms with van der Waals surface area (Å²) in [6, 6.07) is 0. The maximum Gasteiger partial charge on any atom is 0.306 e. The lowest BCUT2D eigenvalue weighted by atomic mass is 10.1. The van der Waals surface area contributed by atoms with Crippen LogP contribution in [0, 0.1) is 0 Å². The number of hydrogen-bond donors (Lipinski definition) is 0. The Kier molecular flexibility index (Phi) is 63.3. The van der Waals surface area contributed by atoms with Crippen molar-refractivity contribution in [1.82, 2.24) is 0 Å². The Bertz CT molecular complexity index is 1700. The molecule has 0 aromatic heterocycles. The zero-order chi connectivity index (χ0) is 57.8. The smallest absolute Gasteiger partial charge is 0.306 e. The summed E-state index contributed by atoms with van der Waals surface area (Å²) in [6.45, 7) is 6.45. The molecule has 6 nitrogen and oxygen atoms in total. The molecule has 0 radical (unpaired) electrons. The molecule has 0 saturated carbocycles. The second-order valence-corrected chi connectivity index (χ2v) is 21.6. The zero-order valence-electron chi connectivity index (χ0n) is 52.0. The van der Waals surface area contributed by atoms with E-state index in [4.69, 9.17) is 14.2 Å². The Balaban J connectivity index is 4.21. The second kappa shape index (κ2) is 67.1. The van der Waals surface area contributed by atoms with Crippen LogP contribution in [0.3, 0.4) is 0 Å². The maximum atomic E-state index is 12.9. The van der Waals surface area contributed by atoms with E-state index in [1.807, 2.05) is 0 Å². The van der Waals surface area contributed by atoms with E-state index in [9.17, 15) is 14.4 Å². The highest BCUT2D eigenvalue weighted by Gasteiger charge is 2.19. The van der Waals surface area contributed by atoms with Crippen LogP contribution < -0.4 is 0 Å². The minimum Gasteiger partial charge on any atom is -0.462 e. The van der Waals surface area contributed by atoms with E-state index in [0.717, 1.165) is 154 Å². The Morgan fingerprint density at radius 1 is 0.263 bits per heavy atom. The van der Waals surface area contributed by atoms with E-state index in [-0.39, 0.29) is 31.1 Å². The molecule has 1 atom stereocenters. The van der Waals surface area contributed by atoms with Crippen LogP contribution in [0.25, 0.3) is 0 Å². The summed E-state index contributed by atoms with van der Waals surface area (Å²) in [5.41, 5.74) is 0. The summed E-state index contributed by atoms with van der Waals surface area (Å²) >= 11 is 0. The van der Waals surface area contributed by atoms with Crippen LogP contribution in [0.1, 0.15) is 297 Å². The van der Waals surface area contributed by atoms with Gasteiger partial charge in [0.1, 0.15) is 13.2 Å². The van der Waals surface area contributed by atoms with Crippen LogP contribution in [0.2, 0.25) is 0 Å². The Morgan fingerprint density at radius 2 is 0.500 bits per heavy atom. The molecule has 0 fully saturated rings. The highest BCUT2D eigenvalue weighted by Crippen LogP contribution is 2.15. The van der Waals surface area contributed by atoms with Crippen LogP contribution in [0.15, 0.2) is 134 Å². The van der Waals surface area contributed by atoms with Crippen molar-refractivity contribution in [2.75, 3.05) is 13.2 Å². The minimum absolute atomic E-state index is 0.0903. The van der Waals surface area contributed by atoms with Crippen molar-refractivity contribution in [3.05, 3.63) is 134 Å². The molecule has 0 saturated heterocycles. The molecule has 0 aliphatic heterocycles. The maximum absolute atomic E-state index is 12.9. The first-order valence-electron chi connectivity index (χ1n) is 33.2. The number of hydrogen-bond acceptors (Lipinski definition) is 6. The van der Waals surface area contributed by atoms with Gasteiger partial charge in [-0.25, -0.2) is 0 Å². The van der Waals surface area contributed by atoms with Crippen LogP contribution in [0.4, 0.5) is 0 Å². The van der Waals surface area contributed by atoms with E-state index in [1.165, 1.54) is 103 Å². The summed E-state index contributed by atoms with van der Waals surface area (Å²) < 4.78 is 16.9. The molecule has 0 aromatic rings. The number of allylic oxidation sites excluding steroid dienone is 22. The third-order valence-electron chi connectivity index (χ3n) is 13.9. The first-order valence-corrected chi connectivity index (χ1v) is 33.2. The molecule has 454 valence electrons. The van der Waals surface area contributed by atoms with Crippen molar-refractivity contribution in [2.45, 2.75) is 303 Å². The Hall–Kier alpha value is -4.45. The average Bonchev–Trinajstić information content (AvgIpc) is 3.46. The fourth-order valence-corrected chi connectivity index (χ4v) is 8.88. The van der Waals surface area contributed by atoms with Gasteiger partial charge in [0.2, 0.25) is 0 Å². The summed E-state index contributed by atoms with van der Waals surface area (Å²) in [6.07, 6.45) is 94.7. The lowest BCUT2D eigenvalue weighted by Crippen LogP contribution is -2.30. The molecular weight excluding hydrogens is 985 g/mol. The number of carbonyl (C=O) groups is 3. The lowest BCUT2D eigenvalue weighted by molar-refractivity contribution is -0.167. The number of rotatable bonds is 59. The van der Waals surface area contributed by atoms with Crippen LogP contribution in [-0.4, -0.2) is 37.2 Å². The highest BCUT2D eigenvalue weighted by molar-refractivity contribution is 5.71. The van der Waals surface area contributed by atoms with E-state index < -0.39 is 6.10 Å². The molecule has 0 rings (SSSR count). The average molecular weight is 1110 g/mol. The van der Waals surface area contributed by atoms with Gasteiger partial charge in [0.15, 0.2) is 6.10 Å². The van der Waals surface area contributed by atoms with Crippen molar-refractivity contribution in [3.8, 4) is 0 Å². The fourth-order valence-electron chi connectivity index (χ4n) is 8.88. The molecule has 0 N–H and O–H groups in total. The minimum atomic E-state index is -0.794. The van der Waals surface area contributed by atoms with Gasteiger partial charge in [-0.2, -0.15) is 0 Å². The molecule has 0 amide bonds. The third-order valence-corrected chi connectivity index (χ3v) is 13.9. The number of esters is 3. The van der Waals surface area contributed by atoms with E-state index >= 15 is 0 Å². The van der Waals surface area contributed by atoms with Gasteiger partial charge in [-0.1, -0.05) is 276 Å². The van der Waals surface area contributed by atoms with E-state index in [0.29, 0.717) is 19.3 Å². The molecule has 1 unspecified atom stereocenters. The van der Waals surface area contributed by atoms with Crippen molar-refractivity contribution in [3.63, 3.8) is 0 Å². The van der Waals surface area contributed by atoms with Gasteiger partial charge in [0.05, 0.1) is 0 Å². The summed E-state index contributed by atoms with van der Waals surface area (Å²) in [4.78, 5) is 38.2. The normalized spacial score (nSPS) is 13.0. The molecule has 0 aliphatic rings.